The molecule has 3 heteroatoms. The fourth-order valence-electron chi connectivity index (χ4n) is 2.88. The minimum Gasteiger partial charge on any atom is -0.327 e. The molecule has 0 aromatic heterocycles. The minimum absolute atomic E-state index is 0.0807. The van der Waals surface area contributed by atoms with Crippen LogP contribution in [-0.2, 0) is 10.8 Å². The highest BCUT2D eigenvalue weighted by molar-refractivity contribution is 7.85. The van der Waals surface area contributed by atoms with Crippen LogP contribution in [0.4, 0.5) is 0 Å². The third kappa shape index (κ3) is 3.46. The Morgan fingerprint density at radius 1 is 1.21 bits per heavy atom. The average molecular weight is 279 g/mol. The van der Waals surface area contributed by atoms with Crippen molar-refractivity contribution in [2.24, 2.45) is 17.6 Å². The van der Waals surface area contributed by atoms with Gasteiger partial charge in [0.2, 0.25) is 0 Å². The Kier molecular flexibility index (Phi) is 4.80. The van der Waals surface area contributed by atoms with Crippen LogP contribution in [-0.4, -0.2) is 15.5 Å². The van der Waals surface area contributed by atoms with Gasteiger partial charge in [-0.05, 0) is 50.2 Å². The molecule has 2 nitrogen and oxygen atoms in total. The summed E-state index contributed by atoms with van der Waals surface area (Å²) in [5, 5.41) is 0.115. The van der Waals surface area contributed by atoms with Crippen LogP contribution in [0, 0.1) is 18.8 Å². The van der Waals surface area contributed by atoms with Gasteiger partial charge in [0, 0.05) is 10.9 Å². The number of hydrogen-bond acceptors (Lipinski definition) is 2. The van der Waals surface area contributed by atoms with E-state index in [4.69, 9.17) is 5.73 Å². The third-order valence-electron chi connectivity index (χ3n) is 4.35. The van der Waals surface area contributed by atoms with Gasteiger partial charge in [-0.2, -0.15) is 0 Å². The molecule has 0 heterocycles. The highest BCUT2D eigenvalue weighted by atomic mass is 32.2. The smallest absolute Gasteiger partial charge is 0.0576 e. The second-order valence-electron chi connectivity index (χ2n) is 6.13. The maximum Gasteiger partial charge on any atom is 0.0576 e. The monoisotopic (exact) mass is 279 g/mol. The molecule has 2 rings (SSSR count). The molecule has 0 amide bonds. The van der Waals surface area contributed by atoms with E-state index in [2.05, 4.69) is 13.8 Å². The summed E-state index contributed by atoms with van der Waals surface area (Å²) >= 11 is 0. The van der Waals surface area contributed by atoms with Crippen LogP contribution >= 0.6 is 0 Å². The predicted octanol–water partition coefficient (Wildman–Crippen LogP) is 3.25. The van der Waals surface area contributed by atoms with E-state index in [1.165, 1.54) is 12.0 Å². The van der Waals surface area contributed by atoms with E-state index in [1.54, 1.807) is 0 Å². The second kappa shape index (κ2) is 6.19. The molecule has 2 N–H and O–H groups in total. The molecule has 1 saturated carbocycles. The number of benzene rings is 1. The summed E-state index contributed by atoms with van der Waals surface area (Å²) in [4.78, 5) is 0.926. The van der Waals surface area contributed by atoms with E-state index in [-0.39, 0.29) is 11.3 Å². The Hall–Kier alpha value is -0.670. The summed E-state index contributed by atoms with van der Waals surface area (Å²) in [5.41, 5.74) is 7.42. The van der Waals surface area contributed by atoms with Crippen LogP contribution in [0.1, 0.15) is 38.7 Å². The Morgan fingerprint density at radius 2 is 1.84 bits per heavy atom. The molecular formula is C16H25NOS. The molecule has 1 fully saturated rings. The summed E-state index contributed by atoms with van der Waals surface area (Å²) < 4.78 is 12.7. The molecule has 4 atom stereocenters. The average Bonchev–Trinajstić information content (AvgIpc) is 2.39. The zero-order valence-corrected chi connectivity index (χ0v) is 13.0. The molecule has 0 aliphatic heterocycles. The Morgan fingerprint density at radius 3 is 2.42 bits per heavy atom. The maximum absolute atomic E-state index is 12.7. The van der Waals surface area contributed by atoms with E-state index in [9.17, 15) is 4.21 Å². The zero-order valence-electron chi connectivity index (χ0n) is 12.1. The predicted molar refractivity (Wildman–Crippen MR) is 81.5 cm³/mol. The van der Waals surface area contributed by atoms with Gasteiger partial charge in [-0.15, -0.1) is 0 Å². The Bertz CT molecular complexity index is 441. The lowest BCUT2D eigenvalue weighted by Gasteiger charge is -2.35. The topological polar surface area (TPSA) is 43.1 Å². The van der Waals surface area contributed by atoms with Crippen LogP contribution < -0.4 is 5.73 Å². The summed E-state index contributed by atoms with van der Waals surface area (Å²) in [5.74, 6) is 1.32. The highest BCUT2D eigenvalue weighted by Crippen LogP contribution is 2.33. The van der Waals surface area contributed by atoms with Crippen molar-refractivity contribution in [2.45, 2.75) is 56.2 Å². The summed E-state index contributed by atoms with van der Waals surface area (Å²) in [6, 6.07) is 8.11. The molecule has 0 radical (unpaired) electrons. The molecule has 1 aromatic carbocycles. The fourth-order valence-corrected chi connectivity index (χ4v) is 4.51. The second-order valence-corrected chi connectivity index (χ2v) is 7.80. The summed E-state index contributed by atoms with van der Waals surface area (Å²) in [6.07, 6.45) is 3.19. The van der Waals surface area contributed by atoms with E-state index in [1.807, 2.05) is 31.2 Å². The number of nitrogens with two attached hydrogens (primary N) is 1. The van der Waals surface area contributed by atoms with Gasteiger partial charge in [-0.25, -0.2) is 0 Å². The molecule has 1 aliphatic carbocycles. The molecule has 1 aromatic rings. The fraction of sp³-hybridized carbons (Fsp3) is 0.625. The van der Waals surface area contributed by atoms with Crippen LogP contribution in [0.5, 0.6) is 0 Å². The van der Waals surface area contributed by atoms with Crippen molar-refractivity contribution >= 4 is 10.8 Å². The number of hydrogen-bond donors (Lipinski definition) is 1. The molecule has 106 valence electrons. The van der Waals surface area contributed by atoms with E-state index in [0.29, 0.717) is 11.8 Å². The van der Waals surface area contributed by atoms with E-state index in [0.717, 1.165) is 17.7 Å². The molecule has 1 aliphatic rings. The minimum atomic E-state index is -0.970. The molecule has 0 saturated heterocycles. The van der Waals surface area contributed by atoms with Gasteiger partial charge in [0.15, 0.2) is 0 Å². The lowest BCUT2D eigenvalue weighted by molar-refractivity contribution is 0.264. The van der Waals surface area contributed by atoms with Crippen molar-refractivity contribution < 1.29 is 4.21 Å². The first kappa shape index (κ1) is 14.7. The van der Waals surface area contributed by atoms with Crippen LogP contribution in [0.15, 0.2) is 29.2 Å². The van der Waals surface area contributed by atoms with Crippen molar-refractivity contribution in [1.82, 2.24) is 0 Å². The van der Waals surface area contributed by atoms with Crippen molar-refractivity contribution in [3.05, 3.63) is 29.8 Å². The third-order valence-corrected chi connectivity index (χ3v) is 6.18. The van der Waals surface area contributed by atoms with E-state index < -0.39 is 10.8 Å². The van der Waals surface area contributed by atoms with Gasteiger partial charge in [-0.1, -0.05) is 31.5 Å². The molecular weight excluding hydrogens is 254 g/mol. The SMILES string of the molecule is Cc1ccc(S(=O)C2CC(C(C)C)CCC2N)cc1. The zero-order chi connectivity index (χ0) is 14.0. The first-order valence-electron chi connectivity index (χ1n) is 7.22. The number of rotatable bonds is 3. The molecule has 0 bridgehead atoms. The maximum atomic E-state index is 12.7. The van der Waals surface area contributed by atoms with Crippen molar-refractivity contribution in [2.75, 3.05) is 0 Å². The Labute approximate surface area is 119 Å². The highest BCUT2D eigenvalue weighted by Gasteiger charge is 2.33. The van der Waals surface area contributed by atoms with Gasteiger partial charge >= 0.3 is 0 Å². The van der Waals surface area contributed by atoms with Gasteiger partial charge in [0.1, 0.15) is 0 Å². The molecule has 19 heavy (non-hydrogen) atoms. The van der Waals surface area contributed by atoms with Gasteiger partial charge in [-0.3, -0.25) is 4.21 Å². The van der Waals surface area contributed by atoms with Gasteiger partial charge in [0.25, 0.3) is 0 Å². The first-order chi connectivity index (χ1) is 8.99. The van der Waals surface area contributed by atoms with Crippen LogP contribution in [0.25, 0.3) is 0 Å². The largest absolute Gasteiger partial charge is 0.327 e. The lowest BCUT2D eigenvalue weighted by atomic mass is 9.79. The normalized spacial score (nSPS) is 29.4. The van der Waals surface area contributed by atoms with Gasteiger partial charge in [0.05, 0.1) is 16.0 Å². The van der Waals surface area contributed by atoms with Crippen molar-refractivity contribution in [3.8, 4) is 0 Å². The number of aryl methyl sites for hydroxylation is 1. The lowest BCUT2D eigenvalue weighted by Crippen LogP contribution is -2.43. The van der Waals surface area contributed by atoms with Gasteiger partial charge < -0.3 is 5.73 Å². The van der Waals surface area contributed by atoms with Crippen molar-refractivity contribution in [3.63, 3.8) is 0 Å². The quantitative estimate of drug-likeness (QED) is 0.923. The van der Waals surface area contributed by atoms with E-state index >= 15 is 0 Å². The molecule has 4 unspecified atom stereocenters. The van der Waals surface area contributed by atoms with Crippen LogP contribution in [0.3, 0.4) is 0 Å². The standard InChI is InChI=1S/C16H25NOS/c1-11(2)13-6-9-15(17)16(10-13)19(18)14-7-4-12(3)5-8-14/h4-5,7-8,11,13,15-16H,6,9-10,17H2,1-3H3. The Balaban J connectivity index is 2.14. The first-order valence-corrected chi connectivity index (χ1v) is 8.43. The molecule has 0 spiro atoms. The summed E-state index contributed by atoms with van der Waals surface area (Å²) in [6.45, 7) is 6.56. The summed E-state index contributed by atoms with van der Waals surface area (Å²) in [7, 11) is -0.970. The van der Waals surface area contributed by atoms with Crippen LogP contribution in [0.2, 0.25) is 0 Å². The van der Waals surface area contributed by atoms with Crippen molar-refractivity contribution in [1.29, 1.82) is 0 Å².